The number of anilines is 1. The zero-order valence-corrected chi connectivity index (χ0v) is 19.2. The van der Waals surface area contributed by atoms with Crippen molar-refractivity contribution >= 4 is 34.1 Å². The van der Waals surface area contributed by atoms with Crippen molar-refractivity contribution in [2.75, 3.05) is 51.8 Å². The maximum absolute atomic E-state index is 12.9. The molecule has 1 fully saturated rings. The zero-order chi connectivity index (χ0) is 24.8. The van der Waals surface area contributed by atoms with Gasteiger partial charge in [-0.3, -0.25) is 29.3 Å². The van der Waals surface area contributed by atoms with Gasteiger partial charge < -0.3 is 20.1 Å². The molecule has 0 unspecified atom stereocenters. The van der Waals surface area contributed by atoms with Crippen molar-refractivity contribution in [3.63, 3.8) is 0 Å². The quantitative estimate of drug-likeness (QED) is 0.347. The molecule has 2 amide bonds. The first-order chi connectivity index (χ1) is 17.0. The summed E-state index contributed by atoms with van der Waals surface area (Å²) < 4.78 is 12.7. The minimum atomic E-state index is -0.523. The Morgan fingerprint density at radius 1 is 1.14 bits per heavy atom. The van der Waals surface area contributed by atoms with Crippen molar-refractivity contribution in [3.8, 4) is 5.75 Å². The average molecular weight is 482 g/mol. The van der Waals surface area contributed by atoms with E-state index in [9.17, 15) is 19.7 Å². The lowest BCUT2D eigenvalue weighted by Gasteiger charge is -2.26. The van der Waals surface area contributed by atoms with E-state index in [4.69, 9.17) is 9.47 Å². The fourth-order valence-corrected chi connectivity index (χ4v) is 3.88. The lowest BCUT2D eigenvalue weighted by atomic mass is 10.2. The molecule has 2 aromatic carbocycles. The van der Waals surface area contributed by atoms with Gasteiger partial charge in [0.15, 0.2) is 5.69 Å². The van der Waals surface area contributed by atoms with Gasteiger partial charge in [-0.1, -0.05) is 12.1 Å². The molecule has 3 aromatic rings. The number of para-hydroxylation sites is 1. The van der Waals surface area contributed by atoms with Crippen LogP contribution in [0, 0.1) is 10.1 Å². The molecule has 0 radical (unpaired) electrons. The number of amides is 2. The maximum atomic E-state index is 12.9. The third-order valence-electron chi connectivity index (χ3n) is 5.67. The second-order valence-electron chi connectivity index (χ2n) is 7.92. The van der Waals surface area contributed by atoms with Crippen molar-refractivity contribution in [1.29, 1.82) is 0 Å². The first-order valence-corrected chi connectivity index (χ1v) is 11.1. The number of nitrogens with one attached hydrogen (secondary N) is 2. The molecule has 12 heteroatoms. The molecule has 2 N–H and O–H groups in total. The van der Waals surface area contributed by atoms with Crippen LogP contribution >= 0.6 is 0 Å². The molecule has 2 heterocycles. The first kappa shape index (κ1) is 24.1. The summed E-state index contributed by atoms with van der Waals surface area (Å²) in [5.41, 5.74) is 1.22. The Balaban J connectivity index is 1.44. The van der Waals surface area contributed by atoms with Gasteiger partial charge >= 0.3 is 0 Å². The number of fused-ring (bicyclic) bond motifs is 1. The Hall–Kier alpha value is -4.03. The fraction of sp³-hybridized carbons (Fsp3) is 0.348. The van der Waals surface area contributed by atoms with E-state index in [-0.39, 0.29) is 17.9 Å². The summed E-state index contributed by atoms with van der Waals surface area (Å²) in [7, 11) is 1.57. The van der Waals surface area contributed by atoms with E-state index >= 15 is 0 Å². The van der Waals surface area contributed by atoms with Gasteiger partial charge in [0.25, 0.3) is 11.6 Å². The van der Waals surface area contributed by atoms with Crippen molar-refractivity contribution < 1.29 is 24.0 Å². The van der Waals surface area contributed by atoms with E-state index in [1.165, 1.54) is 24.3 Å². The van der Waals surface area contributed by atoms with Crippen LogP contribution in [0.1, 0.15) is 10.5 Å². The van der Waals surface area contributed by atoms with E-state index < -0.39 is 16.7 Å². The number of ether oxygens (including phenoxy) is 2. The van der Waals surface area contributed by atoms with Crippen LogP contribution < -0.4 is 15.4 Å². The van der Waals surface area contributed by atoms with Crippen molar-refractivity contribution in [3.05, 3.63) is 58.3 Å². The summed E-state index contributed by atoms with van der Waals surface area (Å²) in [6.07, 6.45) is 0. The second kappa shape index (κ2) is 10.9. The molecule has 0 bridgehead atoms. The van der Waals surface area contributed by atoms with Crippen LogP contribution in [0.4, 0.5) is 11.4 Å². The Morgan fingerprint density at radius 2 is 1.89 bits per heavy atom. The first-order valence-electron chi connectivity index (χ1n) is 11.1. The normalized spacial score (nSPS) is 14.0. The van der Waals surface area contributed by atoms with Gasteiger partial charge in [-0.2, -0.15) is 5.10 Å². The average Bonchev–Trinajstić information content (AvgIpc) is 3.26. The molecule has 0 aliphatic carbocycles. The molecule has 12 nitrogen and oxygen atoms in total. The summed E-state index contributed by atoms with van der Waals surface area (Å²) in [4.78, 5) is 37.7. The Labute approximate surface area is 200 Å². The van der Waals surface area contributed by atoms with Gasteiger partial charge in [-0.25, -0.2) is 0 Å². The number of morpholine rings is 1. The molecular formula is C23H26N6O6. The lowest BCUT2D eigenvalue weighted by molar-refractivity contribution is -0.384. The Bertz CT molecular complexity index is 1220. The van der Waals surface area contributed by atoms with Crippen LogP contribution in [-0.2, 0) is 16.1 Å². The molecule has 1 aromatic heterocycles. The number of methoxy groups -OCH3 is 1. The van der Waals surface area contributed by atoms with Gasteiger partial charge in [0.1, 0.15) is 11.3 Å². The highest BCUT2D eigenvalue weighted by Gasteiger charge is 2.21. The SMILES string of the molecule is COc1cccc2c(C(=O)NCC(=O)Nc3ccc([N+](=O)[O-])cc3)nn(CCN3CCOCC3)c12. The van der Waals surface area contributed by atoms with Crippen molar-refractivity contribution in [2.45, 2.75) is 6.54 Å². The predicted octanol–water partition coefficient (Wildman–Crippen LogP) is 1.65. The number of nitro benzene ring substituents is 1. The van der Waals surface area contributed by atoms with Gasteiger partial charge in [0, 0.05) is 42.8 Å². The number of aromatic nitrogens is 2. The van der Waals surface area contributed by atoms with E-state index in [2.05, 4.69) is 20.6 Å². The molecule has 4 rings (SSSR count). The van der Waals surface area contributed by atoms with Crippen LogP contribution in [0.2, 0.25) is 0 Å². The summed E-state index contributed by atoms with van der Waals surface area (Å²) in [5, 5.41) is 21.1. The summed E-state index contributed by atoms with van der Waals surface area (Å²) in [6, 6.07) is 10.8. The molecular weight excluding hydrogens is 456 g/mol. The number of carbonyl (C=O) groups is 2. The van der Waals surface area contributed by atoms with Crippen LogP contribution in [0.5, 0.6) is 5.75 Å². The Morgan fingerprint density at radius 3 is 2.57 bits per heavy atom. The Kier molecular flexibility index (Phi) is 7.53. The van der Waals surface area contributed by atoms with Gasteiger partial charge in [-0.05, 0) is 18.2 Å². The molecule has 0 atom stereocenters. The minimum absolute atomic E-state index is 0.0807. The van der Waals surface area contributed by atoms with Gasteiger partial charge in [0.2, 0.25) is 5.91 Å². The van der Waals surface area contributed by atoms with E-state index in [1.54, 1.807) is 23.9 Å². The summed E-state index contributed by atoms with van der Waals surface area (Å²) in [6.45, 7) is 4.09. The van der Waals surface area contributed by atoms with Crippen LogP contribution in [-0.4, -0.2) is 77.9 Å². The monoisotopic (exact) mass is 482 g/mol. The van der Waals surface area contributed by atoms with E-state index in [0.29, 0.717) is 42.1 Å². The van der Waals surface area contributed by atoms with Crippen molar-refractivity contribution in [1.82, 2.24) is 20.0 Å². The lowest BCUT2D eigenvalue weighted by Crippen LogP contribution is -2.38. The number of hydrogen-bond acceptors (Lipinski definition) is 8. The summed E-state index contributed by atoms with van der Waals surface area (Å²) in [5.74, 6) is -0.361. The van der Waals surface area contributed by atoms with Crippen LogP contribution in [0.3, 0.4) is 0 Å². The topological polar surface area (TPSA) is 141 Å². The number of hydrogen-bond donors (Lipinski definition) is 2. The van der Waals surface area contributed by atoms with E-state index in [0.717, 1.165) is 19.6 Å². The second-order valence-corrected chi connectivity index (χ2v) is 7.92. The van der Waals surface area contributed by atoms with Crippen molar-refractivity contribution in [2.24, 2.45) is 0 Å². The molecule has 1 saturated heterocycles. The zero-order valence-electron chi connectivity index (χ0n) is 19.2. The number of benzene rings is 2. The molecule has 0 spiro atoms. The van der Waals surface area contributed by atoms with E-state index in [1.807, 2.05) is 6.07 Å². The molecule has 35 heavy (non-hydrogen) atoms. The van der Waals surface area contributed by atoms with Gasteiger partial charge in [-0.15, -0.1) is 0 Å². The molecule has 184 valence electrons. The highest BCUT2D eigenvalue weighted by Crippen LogP contribution is 2.28. The smallest absolute Gasteiger partial charge is 0.272 e. The summed E-state index contributed by atoms with van der Waals surface area (Å²) >= 11 is 0. The number of nitrogens with zero attached hydrogens (tertiary/aromatic N) is 4. The van der Waals surface area contributed by atoms with Gasteiger partial charge in [0.05, 0.1) is 38.3 Å². The molecule has 1 aliphatic rings. The third-order valence-corrected chi connectivity index (χ3v) is 5.67. The standard InChI is InChI=1S/C23H26N6O6/c1-34-19-4-2-3-18-21(26-28(22(18)19)10-9-27-11-13-35-14-12-27)23(31)24-15-20(30)25-16-5-7-17(8-6-16)29(32)33/h2-8H,9-15H2,1H3,(H,24,31)(H,25,30). The third kappa shape index (κ3) is 5.73. The highest BCUT2D eigenvalue weighted by atomic mass is 16.6. The highest BCUT2D eigenvalue weighted by molar-refractivity contribution is 6.07. The fourth-order valence-electron chi connectivity index (χ4n) is 3.88. The molecule has 1 aliphatic heterocycles. The molecule has 0 saturated carbocycles. The number of carbonyl (C=O) groups excluding carboxylic acids is 2. The predicted molar refractivity (Wildman–Crippen MR) is 128 cm³/mol. The van der Waals surface area contributed by atoms with Crippen LogP contribution in [0.15, 0.2) is 42.5 Å². The minimum Gasteiger partial charge on any atom is -0.494 e. The van der Waals surface area contributed by atoms with Crippen LogP contribution in [0.25, 0.3) is 10.9 Å². The number of non-ortho nitro benzene ring substituents is 1. The number of rotatable bonds is 9. The largest absolute Gasteiger partial charge is 0.494 e. The number of nitro groups is 1. The maximum Gasteiger partial charge on any atom is 0.272 e.